The maximum absolute atomic E-state index is 12.2. The zero-order valence-electron chi connectivity index (χ0n) is 19.7. The molecule has 7 nitrogen and oxygen atoms in total. The highest BCUT2D eigenvalue weighted by molar-refractivity contribution is 7.09. The first-order valence-electron chi connectivity index (χ1n) is 12.4. The first kappa shape index (κ1) is 24.0. The summed E-state index contributed by atoms with van der Waals surface area (Å²) in [5.41, 5.74) is 4.53. The van der Waals surface area contributed by atoms with Crippen LogP contribution >= 0.6 is 11.3 Å². The number of anilines is 1. The third-order valence-electron chi connectivity index (χ3n) is 6.60. The van der Waals surface area contributed by atoms with E-state index in [2.05, 4.69) is 51.3 Å². The van der Waals surface area contributed by atoms with Gasteiger partial charge in [-0.3, -0.25) is 0 Å². The van der Waals surface area contributed by atoms with E-state index < -0.39 is 0 Å². The summed E-state index contributed by atoms with van der Waals surface area (Å²) in [5.74, 6) is 0. The van der Waals surface area contributed by atoms with Crippen LogP contribution in [0.25, 0.3) is 0 Å². The minimum absolute atomic E-state index is 0.335. The summed E-state index contributed by atoms with van der Waals surface area (Å²) in [6.07, 6.45) is 6.35. The Labute approximate surface area is 201 Å². The molecule has 1 aliphatic carbocycles. The van der Waals surface area contributed by atoms with Crippen LogP contribution in [0.15, 0.2) is 35.8 Å². The van der Waals surface area contributed by atoms with E-state index in [0.717, 1.165) is 65.0 Å². The van der Waals surface area contributed by atoms with E-state index in [0.29, 0.717) is 12.6 Å². The lowest BCUT2D eigenvalue weighted by Crippen LogP contribution is -2.48. The van der Waals surface area contributed by atoms with E-state index in [9.17, 15) is 4.79 Å². The van der Waals surface area contributed by atoms with E-state index in [4.69, 9.17) is 4.84 Å². The molecule has 0 spiro atoms. The van der Waals surface area contributed by atoms with Crippen molar-refractivity contribution >= 4 is 23.1 Å². The van der Waals surface area contributed by atoms with Crippen molar-refractivity contribution in [3.8, 4) is 0 Å². The number of fused-ring (bicyclic) bond motifs is 1. The molecule has 2 heterocycles. The zero-order valence-corrected chi connectivity index (χ0v) is 20.6. The van der Waals surface area contributed by atoms with Crippen LogP contribution in [-0.2, 0) is 17.7 Å². The Morgan fingerprint density at radius 2 is 2.00 bits per heavy atom. The molecule has 1 amide bonds. The lowest BCUT2D eigenvalue weighted by Gasteiger charge is -2.34. The molecule has 0 saturated carbocycles. The van der Waals surface area contributed by atoms with Gasteiger partial charge in [0.2, 0.25) is 0 Å². The predicted octanol–water partition coefficient (Wildman–Crippen LogP) is 3.96. The highest BCUT2D eigenvalue weighted by Gasteiger charge is 2.25. The number of benzene rings is 1. The molecule has 1 N–H and O–H groups in total. The van der Waals surface area contributed by atoms with Crippen molar-refractivity contribution < 1.29 is 9.63 Å². The SMILES string of the molecule is CCCN(CCCCNC(=O)ON1CCN(c2ccccc2)CC1)C1CCc2ncsc2C1. The smallest absolute Gasteiger partial charge is 0.369 e. The number of nitrogens with zero attached hydrogens (tertiary/aromatic N) is 4. The van der Waals surface area contributed by atoms with Gasteiger partial charge in [-0.15, -0.1) is 16.4 Å². The number of hydroxylamine groups is 2. The summed E-state index contributed by atoms with van der Waals surface area (Å²) in [5, 5.41) is 4.70. The Morgan fingerprint density at radius 3 is 2.79 bits per heavy atom. The standard InChI is InChI=1S/C25H37N5O2S/c1-2-13-28(22-10-11-23-24(19-22)33-20-27-23)14-7-6-12-26-25(31)32-30-17-15-29(16-18-30)21-8-4-3-5-9-21/h3-5,8-9,20,22H,2,6-7,10-19H2,1H3,(H,26,31). The largest absolute Gasteiger partial charge is 0.426 e. The van der Waals surface area contributed by atoms with Crippen LogP contribution in [0.3, 0.4) is 0 Å². The van der Waals surface area contributed by atoms with Crippen molar-refractivity contribution in [1.29, 1.82) is 0 Å². The Bertz CT molecular complexity index is 853. The molecule has 1 atom stereocenters. The van der Waals surface area contributed by atoms with Crippen LogP contribution in [0, 0.1) is 0 Å². The molecule has 33 heavy (non-hydrogen) atoms. The Morgan fingerprint density at radius 1 is 1.18 bits per heavy atom. The van der Waals surface area contributed by atoms with Crippen LogP contribution < -0.4 is 10.2 Å². The van der Waals surface area contributed by atoms with Crippen molar-refractivity contribution in [2.45, 2.75) is 51.5 Å². The van der Waals surface area contributed by atoms with Crippen molar-refractivity contribution in [3.05, 3.63) is 46.4 Å². The molecule has 1 aromatic carbocycles. The monoisotopic (exact) mass is 471 g/mol. The predicted molar refractivity (Wildman–Crippen MR) is 134 cm³/mol. The summed E-state index contributed by atoms with van der Waals surface area (Å²) < 4.78 is 0. The molecule has 0 radical (unpaired) electrons. The number of nitrogens with one attached hydrogen (secondary N) is 1. The number of thiazole rings is 1. The van der Waals surface area contributed by atoms with Gasteiger partial charge in [-0.1, -0.05) is 25.1 Å². The third kappa shape index (κ3) is 6.91. The Balaban J connectivity index is 1.10. The zero-order chi connectivity index (χ0) is 22.9. The molecule has 2 aliphatic rings. The summed E-state index contributed by atoms with van der Waals surface area (Å²) in [6, 6.07) is 11.0. The molecule has 4 rings (SSSR count). The Kier molecular flexibility index (Phi) is 8.97. The third-order valence-corrected chi connectivity index (χ3v) is 7.50. The molecular weight excluding hydrogens is 434 g/mol. The van der Waals surface area contributed by atoms with Crippen molar-refractivity contribution in [1.82, 2.24) is 20.3 Å². The second-order valence-corrected chi connectivity index (χ2v) is 9.86. The van der Waals surface area contributed by atoms with Gasteiger partial charge in [-0.2, -0.15) is 0 Å². The fourth-order valence-electron chi connectivity index (χ4n) is 4.82. The number of aryl methyl sites for hydroxylation is 1. The maximum atomic E-state index is 12.2. The van der Waals surface area contributed by atoms with Crippen LogP contribution in [-0.4, -0.2) is 72.9 Å². The average molecular weight is 472 g/mol. The van der Waals surface area contributed by atoms with Gasteiger partial charge in [0.15, 0.2) is 0 Å². The number of carbonyl (C=O) groups excluding carboxylic acids is 1. The number of piperazine rings is 1. The van der Waals surface area contributed by atoms with Gasteiger partial charge in [0.1, 0.15) is 0 Å². The van der Waals surface area contributed by atoms with Gasteiger partial charge in [0.05, 0.1) is 24.3 Å². The summed E-state index contributed by atoms with van der Waals surface area (Å²) in [4.78, 5) is 28.6. The van der Waals surface area contributed by atoms with Gasteiger partial charge in [0.25, 0.3) is 0 Å². The topological polar surface area (TPSA) is 60.9 Å². The fraction of sp³-hybridized carbons (Fsp3) is 0.600. The second-order valence-electron chi connectivity index (χ2n) is 8.92. The van der Waals surface area contributed by atoms with E-state index >= 15 is 0 Å². The fourth-order valence-corrected chi connectivity index (χ4v) is 5.70. The number of amides is 1. The molecule has 1 saturated heterocycles. The number of rotatable bonds is 10. The van der Waals surface area contributed by atoms with Gasteiger partial charge in [-0.25, -0.2) is 9.78 Å². The number of unbranched alkanes of at least 4 members (excludes halogenated alkanes) is 1. The molecule has 180 valence electrons. The molecule has 0 bridgehead atoms. The van der Waals surface area contributed by atoms with E-state index in [-0.39, 0.29) is 6.09 Å². The minimum Gasteiger partial charge on any atom is -0.369 e. The molecule has 8 heteroatoms. The van der Waals surface area contributed by atoms with Gasteiger partial charge in [-0.05, 0) is 63.7 Å². The number of aromatic nitrogens is 1. The average Bonchev–Trinajstić information content (AvgIpc) is 3.32. The summed E-state index contributed by atoms with van der Waals surface area (Å²) in [7, 11) is 0. The van der Waals surface area contributed by atoms with Gasteiger partial charge >= 0.3 is 6.09 Å². The Hall–Kier alpha value is -2.16. The first-order chi connectivity index (χ1) is 16.2. The van der Waals surface area contributed by atoms with E-state index in [1.807, 2.05) is 22.9 Å². The van der Waals surface area contributed by atoms with E-state index in [1.54, 1.807) is 5.06 Å². The molecule has 1 fully saturated rings. The van der Waals surface area contributed by atoms with E-state index in [1.165, 1.54) is 29.1 Å². The molecule has 1 aliphatic heterocycles. The second kappa shape index (κ2) is 12.3. The number of hydrogen-bond donors (Lipinski definition) is 1. The molecule has 1 unspecified atom stereocenters. The summed E-state index contributed by atoms with van der Waals surface area (Å²) >= 11 is 1.81. The van der Waals surface area contributed by atoms with Gasteiger partial charge in [0, 0.05) is 36.2 Å². The number of hydrogen-bond acceptors (Lipinski definition) is 7. The van der Waals surface area contributed by atoms with Crippen LogP contribution in [0.4, 0.5) is 10.5 Å². The van der Waals surface area contributed by atoms with Crippen molar-refractivity contribution in [3.63, 3.8) is 0 Å². The maximum Gasteiger partial charge on any atom is 0.426 e. The lowest BCUT2D eigenvalue weighted by molar-refractivity contribution is -0.102. The highest BCUT2D eigenvalue weighted by Crippen LogP contribution is 2.27. The molecule has 2 aromatic rings. The van der Waals surface area contributed by atoms with Crippen LogP contribution in [0.1, 0.15) is 43.2 Å². The van der Waals surface area contributed by atoms with Crippen LogP contribution in [0.2, 0.25) is 0 Å². The van der Waals surface area contributed by atoms with Crippen molar-refractivity contribution in [2.75, 3.05) is 50.7 Å². The van der Waals surface area contributed by atoms with Crippen LogP contribution in [0.5, 0.6) is 0 Å². The number of para-hydroxylation sites is 1. The minimum atomic E-state index is -0.335. The van der Waals surface area contributed by atoms with Gasteiger partial charge < -0.3 is 20.0 Å². The first-order valence-corrected chi connectivity index (χ1v) is 13.3. The molecule has 1 aromatic heterocycles. The lowest BCUT2D eigenvalue weighted by atomic mass is 9.96. The summed E-state index contributed by atoms with van der Waals surface area (Å²) in [6.45, 7) is 8.30. The van der Waals surface area contributed by atoms with Crippen molar-refractivity contribution in [2.24, 2.45) is 0 Å². The highest BCUT2D eigenvalue weighted by atomic mass is 32.1. The molecular formula is C25H37N5O2S. The quantitative estimate of drug-likeness (QED) is 0.530. The number of carbonyl (C=O) groups is 1. The normalized spacial score (nSPS) is 18.8.